The Morgan fingerprint density at radius 2 is 2.50 bits per heavy atom. The standard InChI is InChI=1S/C12H20N4/c1-16-6-2-3-11(9-16)15-12-7-10(8-13)4-5-14-12/h4-5,7,11H,2-3,6,8-9,13H2,1H3,(H,14,15). The summed E-state index contributed by atoms with van der Waals surface area (Å²) in [5.74, 6) is 0.947. The quantitative estimate of drug-likeness (QED) is 0.799. The van der Waals surface area contributed by atoms with Crippen LogP contribution in [0.1, 0.15) is 18.4 Å². The number of hydrogen-bond acceptors (Lipinski definition) is 4. The molecular weight excluding hydrogens is 200 g/mol. The molecule has 16 heavy (non-hydrogen) atoms. The van der Waals surface area contributed by atoms with Gasteiger partial charge < -0.3 is 16.0 Å². The Morgan fingerprint density at radius 1 is 1.62 bits per heavy atom. The van der Waals surface area contributed by atoms with E-state index in [0.29, 0.717) is 12.6 Å². The minimum absolute atomic E-state index is 0.513. The first-order chi connectivity index (χ1) is 7.78. The number of anilines is 1. The fraction of sp³-hybridized carbons (Fsp3) is 0.583. The molecule has 0 spiro atoms. The molecule has 1 saturated heterocycles. The van der Waals surface area contributed by atoms with Gasteiger partial charge in [-0.2, -0.15) is 0 Å². The highest BCUT2D eigenvalue weighted by Crippen LogP contribution is 2.14. The summed E-state index contributed by atoms with van der Waals surface area (Å²) in [6, 6.07) is 4.51. The second-order valence-corrected chi connectivity index (χ2v) is 4.50. The highest BCUT2D eigenvalue weighted by atomic mass is 15.1. The van der Waals surface area contributed by atoms with E-state index >= 15 is 0 Å². The summed E-state index contributed by atoms with van der Waals surface area (Å²) >= 11 is 0. The van der Waals surface area contributed by atoms with Gasteiger partial charge in [0.25, 0.3) is 0 Å². The van der Waals surface area contributed by atoms with E-state index < -0.39 is 0 Å². The first kappa shape index (κ1) is 11.4. The van der Waals surface area contributed by atoms with Crippen molar-refractivity contribution in [3.05, 3.63) is 23.9 Å². The molecule has 3 N–H and O–H groups in total. The molecule has 0 radical (unpaired) electrons. The largest absolute Gasteiger partial charge is 0.366 e. The van der Waals surface area contributed by atoms with Crippen molar-refractivity contribution in [1.82, 2.24) is 9.88 Å². The van der Waals surface area contributed by atoms with Crippen LogP contribution in [0, 0.1) is 0 Å². The second kappa shape index (κ2) is 5.27. The predicted molar refractivity (Wildman–Crippen MR) is 66.3 cm³/mol. The summed E-state index contributed by atoms with van der Waals surface area (Å²) in [6.07, 6.45) is 4.29. The molecule has 1 atom stereocenters. The van der Waals surface area contributed by atoms with Gasteiger partial charge in [0.2, 0.25) is 0 Å². The van der Waals surface area contributed by atoms with Gasteiger partial charge in [0.05, 0.1) is 0 Å². The summed E-state index contributed by atoms with van der Waals surface area (Å²) in [5.41, 5.74) is 6.74. The van der Waals surface area contributed by atoms with Gasteiger partial charge in [-0.15, -0.1) is 0 Å². The third kappa shape index (κ3) is 2.93. The molecule has 1 aromatic heterocycles. The minimum Gasteiger partial charge on any atom is -0.366 e. The van der Waals surface area contributed by atoms with Crippen LogP contribution in [-0.2, 0) is 6.54 Å². The lowest BCUT2D eigenvalue weighted by molar-refractivity contribution is 0.261. The van der Waals surface area contributed by atoms with Crippen molar-refractivity contribution in [2.75, 3.05) is 25.5 Å². The van der Waals surface area contributed by atoms with E-state index in [9.17, 15) is 0 Å². The van der Waals surface area contributed by atoms with E-state index in [1.807, 2.05) is 18.3 Å². The monoisotopic (exact) mass is 220 g/mol. The van der Waals surface area contributed by atoms with E-state index in [0.717, 1.165) is 17.9 Å². The van der Waals surface area contributed by atoms with Gasteiger partial charge in [0.15, 0.2) is 0 Å². The molecule has 0 aliphatic carbocycles. The summed E-state index contributed by atoms with van der Waals surface area (Å²) in [7, 11) is 2.16. The Bertz CT molecular complexity index is 340. The summed E-state index contributed by atoms with van der Waals surface area (Å²) < 4.78 is 0. The van der Waals surface area contributed by atoms with Crippen molar-refractivity contribution in [2.45, 2.75) is 25.4 Å². The molecule has 1 fully saturated rings. The maximum Gasteiger partial charge on any atom is 0.126 e. The number of likely N-dealkylation sites (N-methyl/N-ethyl adjacent to an activating group) is 1. The highest BCUT2D eigenvalue weighted by Gasteiger charge is 2.16. The van der Waals surface area contributed by atoms with Gasteiger partial charge in [-0.3, -0.25) is 0 Å². The Labute approximate surface area is 96.8 Å². The zero-order chi connectivity index (χ0) is 11.4. The van der Waals surface area contributed by atoms with Crippen LogP contribution in [0.15, 0.2) is 18.3 Å². The number of pyridine rings is 1. The van der Waals surface area contributed by atoms with E-state index in [2.05, 4.69) is 22.2 Å². The number of nitrogens with two attached hydrogens (primary N) is 1. The molecule has 2 heterocycles. The number of rotatable bonds is 3. The summed E-state index contributed by atoms with van der Waals surface area (Å²) in [4.78, 5) is 6.68. The number of hydrogen-bond donors (Lipinski definition) is 2. The van der Waals surface area contributed by atoms with Gasteiger partial charge in [-0.1, -0.05) is 0 Å². The van der Waals surface area contributed by atoms with E-state index in [1.165, 1.54) is 19.4 Å². The fourth-order valence-corrected chi connectivity index (χ4v) is 2.17. The van der Waals surface area contributed by atoms with Crippen molar-refractivity contribution >= 4 is 5.82 Å². The third-order valence-electron chi connectivity index (χ3n) is 3.04. The van der Waals surface area contributed by atoms with Crippen LogP contribution in [0.4, 0.5) is 5.82 Å². The molecular formula is C12H20N4. The molecule has 4 heteroatoms. The average molecular weight is 220 g/mol. The molecule has 0 aromatic carbocycles. The van der Waals surface area contributed by atoms with Crippen molar-refractivity contribution in [2.24, 2.45) is 5.73 Å². The smallest absolute Gasteiger partial charge is 0.126 e. The second-order valence-electron chi connectivity index (χ2n) is 4.50. The van der Waals surface area contributed by atoms with Crippen LogP contribution in [0.5, 0.6) is 0 Å². The molecule has 2 rings (SSSR count). The van der Waals surface area contributed by atoms with Gasteiger partial charge in [0, 0.05) is 25.3 Å². The molecule has 1 aromatic rings. The fourth-order valence-electron chi connectivity index (χ4n) is 2.17. The lowest BCUT2D eigenvalue weighted by Crippen LogP contribution is -2.39. The first-order valence-corrected chi connectivity index (χ1v) is 5.88. The van der Waals surface area contributed by atoms with Crippen molar-refractivity contribution in [3.63, 3.8) is 0 Å². The normalized spacial score (nSPS) is 22.0. The zero-order valence-electron chi connectivity index (χ0n) is 9.82. The van der Waals surface area contributed by atoms with Crippen molar-refractivity contribution in [1.29, 1.82) is 0 Å². The van der Waals surface area contributed by atoms with Crippen LogP contribution in [-0.4, -0.2) is 36.1 Å². The van der Waals surface area contributed by atoms with Crippen LogP contribution in [0.25, 0.3) is 0 Å². The number of aromatic nitrogens is 1. The van der Waals surface area contributed by atoms with Crippen LogP contribution >= 0.6 is 0 Å². The van der Waals surface area contributed by atoms with Gasteiger partial charge in [0.1, 0.15) is 5.82 Å². The van der Waals surface area contributed by atoms with Crippen LogP contribution in [0.3, 0.4) is 0 Å². The Morgan fingerprint density at radius 3 is 3.25 bits per heavy atom. The Kier molecular flexibility index (Phi) is 3.74. The molecule has 1 aliphatic heterocycles. The Hall–Kier alpha value is -1.13. The lowest BCUT2D eigenvalue weighted by atomic mass is 10.1. The van der Waals surface area contributed by atoms with Gasteiger partial charge >= 0.3 is 0 Å². The number of nitrogens with zero attached hydrogens (tertiary/aromatic N) is 2. The first-order valence-electron chi connectivity index (χ1n) is 5.88. The van der Waals surface area contributed by atoms with E-state index in [-0.39, 0.29) is 0 Å². The Balaban J connectivity index is 1.97. The highest BCUT2D eigenvalue weighted by molar-refractivity contribution is 5.38. The third-order valence-corrected chi connectivity index (χ3v) is 3.04. The molecule has 0 amide bonds. The minimum atomic E-state index is 0.513. The number of piperidine rings is 1. The van der Waals surface area contributed by atoms with Gasteiger partial charge in [-0.25, -0.2) is 4.98 Å². The predicted octanol–water partition coefficient (Wildman–Crippen LogP) is 1.05. The van der Waals surface area contributed by atoms with Crippen molar-refractivity contribution in [3.8, 4) is 0 Å². The van der Waals surface area contributed by atoms with Gasteiger partial charge in [-0.05, 0) is 44.1 Å². The topological polar surface area (TPSA) is 54.2 Å². The lowest BCUT2D eigenvalue weighted by Gasteiger charge is -2.30. The number of likely N-dealkylation sites (tertiary alicyclic amines) is 1. The summed E-state index contributed by atoms with van der Waals surface area (Å²) in [6.45, 7) is 2.87. The van der Waals surface area contributed by atoms with Crippen LogP contribution < -0.4 is 11.1 Å². The van der Waals surface area contributed by atoms with Crippen LogP contribution in [0.2, 0.25) is 0 Å². The number of nitrogens with one attached hydrogen (secondary N) is 1. The molecule has 0 saturated carbocycles. The molecule has 1 aliphatic rings. The molecule has 1 unspecified atom stereocenters. The van der Waals surface area contributed by atoms with E-state index in [4.69, 9.17) is 5.73 Å². The molecule has 4 nitrogen and oxygen atoms in total. The SMILES string of the molecule is CN1CCCC(Nc2cc(CN)ccn2)C1. The molecule has 0 bridgehead atoms. The molecule has 88 valence electrons. The maximum absolute atomic E-state index is 5.61. The van der Waals surface area contributed by atoms with Crippen molar-refractivity contribution < 1.29 is 0 Å². The average Bonchev–Trinajstić information content (AvgIpc) is 2.29. The maximum atomic E-state index is 5.61. The zero-order valence-corrected chi connectivity index (χ0v) is 9.82. The van der Waals surface area contributed by atoms with E-state index in [1.54, 1.807) is 0 Å². The summed E-state index contributed by atoms with van der Waals surface area (Å²) in [5, 5.41) is 3.48.